The molecule has 1 aliphatic rings. The summed E-state index contributed by atoms with van der Waals surface area (Å²) in [7, 11) is 9.49. The summed E-state index contributed by atoms with van der Waals surface area (Å²) in [6, 6.07) is 41.2. The summed E-state index contributed by atoms with van der Waals surface area (Å²) in [5, 5.41) is 29.1. The summed E-state index contributed by atoms with van der Waals surface area (Å²) in [5.41, 5.74) is 10.2. The molecule has 0 unspecified atom stereocenters. The van der Waals surface area contributed by atoms with Crippen LogP contribution in [0.15, 0.2) is 171 Å². The van der Waals surface area contributed by atoms with E-state index in [1.807, 2.05) is 186 Å². The van der Waals surface area contributed by atoms with Gasteiger partial charge in [-0.15, -0.1) is 30.6 Å². The van der Waals surface area contributed by atoms with Gasteiger partial charge in [-0.05, 0) is 138 Å². The zero-order chi connectivity index (χ0) is 64.9. The summed E-state index contributed by atoms with van der Waals surface area (Å²) >= 11 is 18.7. The summed E-state index contributed by atoms with van der Waals surface area (Å²) in [4.78, 5) is 50.7. The van der Waals surface area contributed by atoms with Crippen LogP contribution in [0.25, 0.3) is 72.6 Å². The Balaban J connectivity index is 0.000000127. The molecule has 6 aromatic carbocycles. The highest BCUT2D eigenvalue weighted by molar-refractivity contribution is 6.62. The van der Waals surface area contributed by atoms with Gasteiger partial charge in [-0.25, -0.2) is 4.98 Å². The minimum atomic E-state index is -0.430. The molecule has 0 saturated carbocycles. The molecule has 1 saturated heterocycles. The van der Waals surface area contributed by atoms with Crippen molar-refractivity contribution in [2.24, 2.45) is 0 Å². The van der Waals surface area contributed by atoms with Gasteiger partial charge in [0.1, 0.15) is 42.1 Å². The van der Waals surface area contributed by atoms with Gasteiger partial charge in [0.2, 0.25) is 0 Å². The maximum atomic E-state index is 10.8. The Morgan fingerprint density at radius 3 is 1.28 bits per heavy atom. The van der Waals surface area contributed by atoms with E-state index in [9.17, 15) is 4.79 Å². The van der Waals surface area contributed by atoms with Crippen LogP contribution in [0.2, 0.25) is 15.1 Å². The van der Waals surface area contributed by atoms with Crippen molar-refractivity contribution in [2.75, 3.05) is 49.9 Å². The van der Waals surface area contributed by atoms with Crippen molar-refractivity contribution >= 4 is 138 Å². The molecule has 9 heterocycles. The van der Waals surface area contributed by atoms with Gasteiger partial charge in [0.15, 0.2) is 6.29 Å². The molecule has 27 heteroatoms. The van der Waals surface area contributed by atoms with Crippen molar-refractivity contribution in [3.8, 4) is 22.5 Å². The van der Waals surface area contributed by atoms with E-state index in [0.29, 0.717) is 50.1 Å². The van der Waals surface area contributed by atoms with Crippen LogP contribution < -0.4 is 20.2 Å². The van der Waals surface area contributed by atoms with Crippen LogP contribution in [0.5, 0.6) is 0 Å². The van der Waals surface area contributed by atoms with E-state index in [4.69, 9.17) is 59.1 Å². The van der Waals surface area contributed by atoms with Gasteiger partial charge in [-0.1, -0.05) is 71.2 Å². The summed E-state index contributed by atoms with van der Waals surface area (Å²) in [6.07, 6.45) is 12.3. The Kier molecular flexibility index (Phi) is 16.6. The van der Waals surface area contributed by atoms with E-state index in [-0.39, 0.29) is 0 Å². The minimum Gasteiger partial charge on any atom is -0.399 e. The van der Waals surface area contributed by atoms with Gasteiger partial charge in [0, 0.05) is 87.1 Å². The fourth-order valence-electron chi connectivity index (χ4n) is 10.8. The molecule has 0 aliphatic carbocycles. The maximum Gasteiger partial charge on any atom is 0.494 e. The van der Waals surface area contributed by atoms with Crippen LogP contribution in [-0.2, 0) is 15.9 Å². The number of fused-ring (bicyclic) bond motifs is 9. The molecule has 0 atom stereocenters. The van der Waals surface area contributed by atoms with Crippen LogP contribution in [-0.4, -0.2) is 143 Å². The topological polar surface area (TPSA) is 229 Å². The van der Waals surface area contributed by atoms with Crippen LogP contribution >= 0.6 is 34.8 Å². The van der Waals surface area contributed by atoms with Crippen molar-refractivity contribution in [2.45, 2.75) is 45.4 Å². The average molecular weight is 1300 g/mol. The second kappa shape index (κ2) is 25.1. The average Bonchev–Trinajstić information content (AvgIpc) is 1.78. The lowest BCUT2D eigenvalue weighted by molar-refractivity contribution is 0.00578. The zero-order valence-corrected chi connectivity index (χ0v) is 54.1. The monoisotopic (exact) mass is 1290 g/mol. The molecular weight excluding hydrogens is 1240 g/mol. The maximum absolute atomic E-state index is 10.8. The van der Waals surface area contributed by atoms with E-state index < -0.39 is 18.3 Å². The molecule has 0 amide bonds. The first-order chi connectivity index (χ1) is 44.8. The zero-order valence-electron chi connectivity index (χ0n) is 51.8. The second-order valence-corrected chi connectivity index (χ2v) is 24.6. The molecule has 14 aromatic rings. The summed E-state index contributed by atoms with van der Waals surface area (Å²) in [6.45, 7) is 8.97. The Morgan fingerprint density at radius 1 is 0.484 bits per heavy atom. The van der Waals surface area contributed by atoms with Crippen molar-refractivity contribution in [1.82, 2.24) is 83.6 Å². The number of carbonyl (C=O) groups excluding carboxylic acids is 1. The lowest BCUT2D eigenvalue weighted by Gasteiger charge is -2.32. The van der Waals surface area contributed by atoms with Gasteiger partial charge in [-0.3, -0.25) is 32.9 Å². The van der Waals surface area contributed by atoms with Crippen LogP contribution in [0.3, 0.4) is 0 Å². The third-order valence-corrected chi connectivity index (χ3v) is 17.1. The van der Waals surface area contributed by atoms with E-state index in [0.717, 1.165) is 102 Å². The smallest absolute Gasteiger partial charge is 0.399 e. The highest BCUT2D eigenvalue weighted by Crippen LogP contribution is 2.39. The molecule has 23 nitrogen and oxygen atoms in total. The van der Waals surface area contributed by atoms with Crippen molar-refractivity contribution in [1.29, 1.82) is 0 Å². The molecule has 8 aromatic heterocycles. The van der Waals surface area contributed by atoms with E-state index in [1.165, 1.54) is 6.20 Å². The quantitative estimate of drug-likeness (QED) is 0.0817. The molecule has 15 rings (SSSR count). The van der Waals surface area contributed by atoms with Crippen molar-refractivity contribution in [3.63, 3.8) is 0 Å². The number of carbonyl (C=O) groups is 1. The largest absolute Gasteiger partial charge is 0.494 e. The standard InChI is InChI=1S/C23H21ClN8.C22H23BClN5O2.C21H14ClN7O/c1-30(2)13-17-11-26-20(12-25-17)15-5-4-6-18(9-15)31(3)22-19-8-7-16(24)10-21(19)32-14-27-29-23(32)28-22;1-21(2)22(3,4)31-23(30-21)14-7-6-8-16(11-14)28(5)19-17-10-9-15(24)12-18(17)29-13-25-27-20(29)26-19;1-28(16-4-2-3-13(7-16)18-10-23-15(11-30)9-24-18)20-17-6-5-14(22)8-19(17)29-12-25-27-21(29)26-20/h4-12,14H,13H2,1-3H3;6-13H,1-5H3;2-12H,1H3. The molecule has 464 valence electrons. The lowest BCUT2D eigenvalue weighted by Crippen LogP contribution is -2.41. The van der Waals surface area contributed by atoms with Gasteiger partial charge in [0.05, 0.1) is 69.6 Å². The fourth-order valence-corrected chi connectivity index (χ4v) is 11.3. The van der Waals surface area contributed by atoms with Gasteiger partial charge >= 0.3 is 7.12 Å². The van der Waals surface area contributed by atoms with E-state index in [2.05, 4.69) is 95.3 Å². The van der Waals surface area contributed by atoms with E-state index in [1.54, 1.807) is 29.6 Å². The Hall–Kier alpha value is -10.2. The number of aldehydes is 1. The fraction of sp³-hybridized carbons (Fsp3) is 0.182. The van der Waals surface area contributed by atoms with Gasteiger partial charge < -0.3 is 28.9 Å². The van der Waals surface area contributed by atoms with Crippen LogP contribution in [0.4, 0.5) is 34.5 Å². The number of aromatic nitrogens is 16. The molecule has 1 fully saturated rings. The Labute approximate surface area is 548 Å². The third kappa shape index (κ3) is 12.3. The van der Waals surface area contributed by atoms with Crippen LogP contribution in [0, 0.1) is 0 Å². The molecule has 0 spiro atoms. The molecular formula is C66H58BCl3N20O3. The molecule has 93 heavy (non-hydrogen) atoms. The summed E-state index contributed by atoms with van der Waals surface area (Å²) < 4.78 is 17.9. The number of rotatable bonds is 12. The third-order valence-electron chi connectivity index (χ3n) is 16.4. The highest BCUT2D eigenvalue weighted by Gasteiger charge is 2.51. The summed E-state index contributed by atoms with van der Waals surface area (Å²) in [5.74, 6) is 3.76. The second-order valence-electron chi connectivity index (χ2n) is 23.3. The van der Waals surface area contributed by atoms with Gasteiger partial charge in [0.25, 0.3) is 17.3 Å². The molecule has 0 bridgehead atoms. The van der Waals surface area contributed by atoms with Crippen molar-refractivity contribution in [3.05, 3.63) is 198 Å². The van der Waals surface area contributed by atoms with E-state index >= 15 is 0 Å². The number of benzene rings is 6. The van der Waals surface area contributed by atoms with Crippen LogP contribution in [0.1, 0.15) is 43.9 Å². The highest BCUT2D eigenvalue weighted by atomic mass is 35.5. The van der Waals surface area contributed by atoms with Crippen molar-refractivity contribution < 1.29 is 14.1 Å². The number of anilines is 6. The first-order valence-corrected chi connectivity index (χ1v) is 30.4. The number of halogens is 3. The number of hydrogen-bond donors (Lipinski definition) is 0. The lowest BCUT2D eigenvalue weighted by atomic mass is 9.79. The predicted molar refractivity (Wildman–Crippen MR) is 364 cm³/mol. The number of nitrogens with zero attached hydrogens (tertiary/aromatic N) is 20. The van der Waals surface area contributed by atoms with Gasteiger partial charge in [-0.2, -0.15) is 15.0 Å². The SMILES string of the molecule is CN(C)Cc1cnc(-c2cccc(N(C)c3nc4nncn4c4cc(Cl)ccc34)c2)cn1.CN(c1cccc(-c2cnc(C=O)cn2)c1)c1nc2nncn2c2cc(Cl)ccc12.CN(c1cccc(B2OC(C)(C)C(C)(C)O2)c1)c1nc2nncn2c2cc(Cl)ccc12. The Bertz CT molecular complexity index is 5110. The normalized spacial score (nSPS) is 13.4. The molecule has 0 radical (unpaired) electrons. The minimum absolute atomic E-state index is 0.294. The number of hydrogen-bond acceptors (Lipinski definition) is 20. The predicted octanol–water partition coefficient (Wildman–Crippen LogP) is 12.2. The molecule has 1 aliphatic heterocycles. The first-order valence-electron chi connectivity index (χ1n) is 29.3. The Morgan fingerprint density at radius 2 is 0.892 bits per heavy atom. The first kappa shape index (κ1) is 61.6. The molecule has 0 N–H and O–H groups in total.